The highest BCUT2D eigenvalue weighted by molar-refractivity contribution is 5.10. The number of aliphatic hydroxyl groups is 2. The van der Waals surface area contributed by atoms with E-state index in [4.69, 9.17) is 0 Å². The van der Waals surface area contributed by atoms with Gasteiger partial charge in [0.05, 0.1) is 13.2 Å². The van der Waals surface area contributed by atoms with E-state index in [1.165, 1.54) is 5.56 Å². The highest BCUT2D eigenvalue weighted by Gasteiger charge is 2.32. The van der Waals surface area contributed by atoms with Crippen LogP contribution in [0, 0.1) is 0 Å². The van der Waals surface area contributed by atoms with Crippen molar-refractivity contribution in [1.29, 1.82) is 0 Å². The Morgan fingerprint density at radius 2 is 1.69 bits per heavy atom. The van der Waals surface area contributed by atoms with Crippen LogP contribution in [-0.4, -0.2) is 45.4 Å². The molecule has 0 saturated carbocycles. The molecular formula is C12H18N2O2. The molecule has 1 aliphatic rings. The second kappa shape index (κ2) is 5.39. The van der Waals surface area contributed by atoms with E-state index in [2.05, 4.69) is 9.88 Å². The van der Waals surface area contributed by atoms with Crippen molar-refractivity contribution < 1.29 is 10.2 Å². The molecule has 1 aromatic heterocycles. The standard InChI is InChI=1S/C12H18N2O2/c15-8-11-1-2-12(9-16)14(11)7-10-3-5-13-6-4-10/h3-6,11-12,15-16H,1-2,7-9H2/t11-,12-/m1/s1. The van der Waals surface area contributed by atoms with E-state index in [1.807, 2.05) is 12.1 Å². The molecule has 88 valence electrons. The van der Waals surface area contributed by atoms with Crippen molar-refractivity contribution in [1.82, 2.24) is 9.88 Å². The highest BCUT2D eigenvalue weighted by Crippen LogP contribution is 2.25. The van der Waals surface area contributed by atoms with Crippen LogP contribution in [0.5, 0.6) is 0 Å². The van der Waals surface area contributed by atoms with E-state index < -0.39 is 0 Å². The van der Waals surface area contributed by atoms with Gasteiger partial charge in [0.25, 0.3) is 0 Å². The molecule has 1 aromatic rings. The molecule has 0 unspecified atom stereocenters. The van der Waals surface area contributed by atoms with Crippen molar-refractivity contribution in [3.63, 3.8) is 0 Å². The van der Waals surface area contributed by atoms with Gasteiger partial charge in [0.1, 0.15) is 0 Å². The minimum atomic E-state index is 0.168. The van der Waals surface area contributed by atoms with E-state index >= 15 is 0 Å². The number of hydrogen-bond acceptors (Lipinski definition) is 4. The Morgan fingerprint density at radius 3 is 2.19 bits per heavy atom. The Kier molecular flexibility index (Phi) is 3.88. The van der Waals surface area contributed by atoms with Crippen molar-refractivity contribution in [2.45, 2.75) is 31.5 Å². The number of rotatable bonds is 4. The Morgan fingerprint density at radius 1 is 1.12 bits per heavy atom. The monoisotopic (exact) mass is 222 g/mol. The molecule has 2 rings (SSSR count). The second-order valence-corrected chi connectivity index (χ2v) is 4.28. The third-order valence-corrected chi connectivity index (χ3v) is 3.31. The Labute approximate surface area is 95.5 Å². The Hall–Kier alpha value is -0.970. The summed E-state index contributed by atoms with van der Waals surface area (Å²) in [7, 11) is 0. The van der Waals surface area contributed by atoms with E-state index in [0.717, 1.165) is 19.4 Å². The molecule has 0 aliphatic carbocycles. The van der Waals surface area contributed by atoms with Crippen LogP contribution >= 0.6 is 0 Å². The summed E-state index contributed by atoms with van der Waals surface area (Å²) in [6, 6.07) is 4.32. The quantitative estimate of drug-likeness (QED) is 0.774. The number of aromatic nitrogens is 1. The molecule has 0 bridgehead atoms. The van der Waals surface area contributed by atoms with Gasteiger partial charge in [0.2, 0.25) is 0 Å². The van der Waals surface area contributed by atoms with Crippen molar-refractivity contribution in [2.24, 2.45) is 0 Å². The van der Waals surface area contributed by atoms with Gasteiger partial charge in [-0.2, -0.15) is 0 Å². The lowest BCUT2D eigenvalue weighted by Crippen LogP contribution is -2.39. The fourth-order valence-corrected chi connectivity index (χ4v) is 2.36. The summed E-state index contributed by atoms with van der Waals surface area (Å²) in [4.78, 5) is 6.17. The molecule has 2 heterocycles. The largest absolute Gasteiger partial charge is 0.395 e. The summed E-state index contributed by atoms with van der Waals surface area (Å²) >= 11 is 0. The van der Waals surface area contributed by atoms with Crippen LogP contribution in [0.15, 0.2) is 24.5 Å². The summed E-state index contributed by atoms with van der Waals surface area (Å²) in [6.07, 6.45) is 5.47. The number of likely N-dealkylation sites (tertiary alicyclic amines) is 1. The maximum absolute atomic E-state index is 9.29. The van der Waals surface area contributed by atoms with Crippen LogP contribution in [0.4, 0.5) is 0 Å². The summed E-state index contributed by atoms with van der Waals surface area (Å²) < 4.78 is 0. The number of aliphatic hydroxyl groups excluding tert-OH is 2. The summed E-state index contributed by atoms with van der Waals surface area (Å²) in [6.45, 7) is 1.11. The van der Waals surface area contributed by atoms with Gasteiger partial charge in [-0.3, -0.25) is 9.88 Å². The predicted octanol–water partition coefficient (Wildman–Crippen LogP) is 0.399. The van der Waals surface area contributed by atoms with Gasteiger partial charge in [-0.15, -0.1) is 0 Å². The number of nitrogens with zero attached hydrogens (tertiary/aromatic N) is 2. The molecule has 2 atom stereocenters. The highest BCUT2D eigenvalue weighted by atomic mass is 16.3. The normalized spacial score (nSPS) is 26.1. The maximum Gasteiger partial charge on any atom is 0.0587 e. The summed E-state index contributed by atoms with van der Waals surface area (Å²) in [5.74, 6) is 0. The lowest BCUT2D eigenvalue weighted by Gasteiger charge is -2.28. The van der Waals surface area contributed by atoms with Crippen LogP contribution < -0.4 is 0 Å². The van der Waals surface area contributed by atoms with Crippen LogP contribution in [0.25, 0.3) is 0 Å². The maximum atomic E-state index is 9.29. The molecule has 1 aliphatic heterocycles. The fourth-order valence-electron chi connectivity index (χ4n) is 2.36. The van der Waals surface area contributed by atoms with Gasteiger partial charge in [-0.1, -0.05) is 0 Å². The Bertz CT molecular complexity index is 306. The zero-order valence-corrected chi connectivity index (χ0v) is 9.29. The van der Waals surface area contributed by atoms with E-state index in [0.29, 0.717) is 0 Å². The van der Waals surface area contributed by atoms with Gasteiger partial charge in [0, 0.05) is 31.0 Å². The van der Waals surface area contributed by atoms with Gasteiger partial charge in [-0.05, 0) is 30.5 Å². The zero-order chi connectivity index (χ0) is 11.4. The molecule has 0 spiro atoms. The number of hydrogen-bond donors (Lipinski definition) is 2. The van der Waals surface area contributed by atoms with Crippen LogP contribution in [-0.2, 0) is 6.54 Å². The average molecular weight is 222 g/mol. The van der Waals surface area contributed by atoms with Crippen LogP contribution in [0.1, 0.15) is 18.4 Å². The van der Waals surface area contributed by atoms with Gasteiger partial charge in [-0.25, -0.2) is 0 Å². The second-order valence-electron chi connectivity index (χ2n) is 4.28. The van der Waals surface area contributed by atoms with Gasteiger partial charge >= 0.3 is 0 Å². The summed E-state index contributed by atoms with van der Waals surface area (Å²) in [5, 5.41) is 18.6. The molecule has 1 fully saturated rings. The van der Waals surface area contributed by atoms with Crippen molar-refractivity contribution in [3.05, 3.63) is 30.1 Å². The topological polar surface area (TPSA) is 56.6 Å². The van der Waals surface area contributed by atoms with Gasteiger partial charge < -0.3 is 10.2 Å². The van der Waals surface area contributed by atoms with Crippen molar-refractivity contribution in [3.8, 4) is 0 Å². The molecule has 2 N–H and O–H groups in total. The van der Waals surface area contributed by atoms with E-state index in [1.54, 1.807) is 12.4 Å². The third kappa shape index (κ3) is 2.40. The molecule has 4 heteroatoms. The van der Waals surface area contributed by atoms with Crippen LogP contribution in [0.3, 0.4) is 0 Å². The number of pyridine rings is 1. The first kappa shape index (κ1) is 11.5. The van der Waals surface area contributed by atoms with Crippen LogP contribution in [0.2, 0.25) is 0 Å². The minimum absolute atomic E-state index is 0.168. The first-order valence-corrected chi connectivity index (χ1v) is 5.71. The molecule has 0 aromatic carbocycles. The SMILES string of the molecule is OC[C@H]1CC[C@H](CO)N1Cc1ccncc1. The molecule has 4 nitrogen and oxygen atoms in total. The molecule has 16 heavy (non-hydrogen) atoms. The van der Waals surface area contributed by atoms with E-state index in [-0.39, 0.29) is 25.3 Å². The first-order valence-electron chi connectivity index (χ1n) is 5.71. The average Bonchev–Trinajstić information content (AvgIpc) is 2.72. The first-order chi connectivity index (χ1) is 7.85. The Balaban J connectivity index is 2.06. The molecule has 1 saturated heterocycles. The lowest BCUT2D eigenvalue weighted by atomic mass is 10.2. The molecular weight excluding hydrogens is 204 g/mol. The van der Waals surface area contributed by atoms with E-state index in [9.17, 15) is 10.2 Å². The molecule has 0 amide bonds. The van der Waals surface area contributed by atoms with Crippen molar-refractivity contribution in [2.75, 3.05) is 13.2 Å². The predicted molar refractivity (Wildman–Crippen MR) is 60.8 cm³/mol. The smallest absolute Gasteiger partial charge is 0.0587 e. The summed E-state index contributed by atoms with van der Waals surface area (Å²) in [5.41, 5.74) is 1.17. The minimum Gasteiger partial charge on any atom is -0.395 e. The zero-order valence-electron chi connectivity index (χ0n) is 9.29. The third-order valence-electron chi connectivity index (χ3n) is 3.31. The molecule has 0 radical (unpaired) electrons. The van der Waals surface area contributed by atoms with Gasteiger partial charge in [0.15, 0.2) is 0 Å². The lowest BCUT2D eigenvalue weighted by molar-refractivity contribution is 0.0902. The van der Waals surface area contributed by atoms with Crippen molar-refractivity contribution >= 4 is 0 Å². The fraction of sp³-hybridized carbons (Fsp3) is 0.583.